The number of pyridine rings is 1. The van der Waals surface area contributed by atoms with Crippen molar-refractivity contribution in [1.82, 2.24) is 19.9 Å². The first-order valence-electron chi connectivity index (χ1n) is 8.75. The van der Waals surface area contributed by atoms with Crippen molar-refractivity contribution in [2.45, 2.75) is 25.7 Å². The van der Waals surface area contributed by atoms with E-state index >= 15 is 0 Å². The van der Waals surface area contributed by atoms with Gasteiger partial charge in [0.15, 0.2) is 0 Å². The van der Waals surface area contributed by atoms with E-state index in [4.69, 9.17) is 0 Å². The monoisotopic (exact) mass is 322 g/mol. The van der Waals surface area contributed by atoms with Crippen LogP contribution in [-0.4, -0.2) is 38.8 Å². The van der Waals surface area contributed by atoms with Crippen LogP contribution in [0.25, 0.3) is 0 Å². The molecule has 0 aromatic carbocycles. The maximum Gasteiger partial charge on any atom is 0.255 e. The molecular formula is C19H22N4O. The second kappa shape index (κ2) is 6.67. The number of aromatic nitrogens is 3. The Morgan fingerprint density at radius 1 is 1.12 bits per heavy atom. The third-order valence-corrected chi connectivity index (χ3v) is 5.53. The zero-order valence-electron chi connectivity index (χ0n) is 13.7. The van der Waals surface area contributed by atoms with E-state index in [-0.39, 0.29) is 5.91 Å². The Labute approximate surface area is 142 Å². The Morgan fingerprint density at radius 2 is 2.04 bits per heavy atom. The molecule has 1 aliphatic carbocycles. The summed E-state index contributed by atoms with van der Waals surface area (Å²) in [5, 5.41) is 0. The molecule has 5 nitrogen and oxygen atoms in total. The Hall–Kier alpha value is -2.30. The molecule has 5 heteroatoms. The van der Waals surface area contributed by atoms with Gasteiger partial charge in [-0.3, -0.25) is 19.7 Å². The van der Waals surface area contributed by atoms with Gasteiger partial charge in [0.25, 0.3) is 5.91 Å². The molecule has 3 heterocycles. The predicted molar refractivity (Wildman–Crippen MR) is 90.2 cm³/mol. The summed E-state index contributed by atoms with van der Waals surface area (Å²) >= 11 is 0. The van der Waals surface area contributed by atoms with Crippen molar-refractivity contribution in [1.29, 1.82) is 0 Å². The molecule has 124 valence electrons. The van der Waals surface area contributed by atoms with Crippen LogP contribution in [0.5, 0.6) is 0 Å². The predicted octanol–water partition coefficient (Wildman–Crippen LogP) is 2.60. The fraction of sp³-hybridized carbons (Fsp3) is 0.474. The third-order valence-electron chi connectivity index (χ3n) is 5.53. The fourth-order valence-corrected chi connectivity index (χ4v) is 4.39. The summed E-state index contributed by atoms with van der Waals surface area (Å²) in [4.78, 5) is 27.4. The van der Waals surface area contributed by atoms with Crippen LogP contribution in [0.15, 0.2) is 43.1 Å². The highest BCUT2D eigenvalue weighted by Crippen LogP contribution is 2.41. The fourth-order valence-electron chi connectivity index (χ4n) is 4.39. The zero-order chi connectivity index (χ0) is 16.4. The van der Waals surface area contributed by atoms with Crippen LogP contribution in [0.3, 0.4) is 0 Å². The van der Waals surface area contributed by atoms with Gasteiger partial charge in [0.05, 0.1) is 11.3 Å². The summed E-state index contributed by atoms with van der Waals surface area (Å²) in [7, 11) is 0. The summed E-state index contributed by atoms with van der Waals surface area (Å²) < 4.78 is 0. The lowest BCUT2D eigenvalue weighted by atomic mass is 9.72. The van der Waals surface area contributed by atoms with Crippen molar-refractivity contribution in [3.05, 3.63) is 54.4 Å². The summed E-state index contributed by atoms with van der Waals surface area (Å²) in [6.45, 7) is 1.75. The van der Waals surface area contributed by atoms with E-state index in [9.17, 15) is 4.79 Å². The molecule has 0 bridgehead atoms. The quantitative estimate of drug-likeness (QED) is 0.871. The molecule has 0 N–H and O–H groups in total. The second-order valence-electron chi connectivity index (χ2n) is 6.97. The van der Waals surface area contributed by atoms with E-state index in [0.717, 1.165) is 25.2 Å². The van der Waals surface area contributed by atoms with Gasteiger partial charge in [-0.05, 0) is 49.1 Å². The maximum absolute atomic E-state index is 12.7. The van der Waals surface area contributed by atoms with Gasteiger partial charge in [0, 0.05) is 44.1 Å². The topological polar surface area (TPSA) is 59.0 Å². The Morgan fingerprint density at radius 3 is 2.83 bits per heavy atom. The summed E-state index contributed by atoms with van der Waals surface area (Å²) in [6, 6.07) is 3.68. The number of hydrogen-bond donors (Lipinski definition) is 0. The average molecular weight is 322 g/mol. The summed E-state index contributed by atoms with van der Waals surface area (Å²) in [5.41, 5.74) is 1.77. The van der Waals surface area contributed by atoms with Crippen molar-refractivity contribution < 1.29 is 4.79 Å². The van der Waals surface area contributed by atoms with Crippen molar-refractivity contribution in [2.75, 3.05) is 13.1 Å². The van der Waals surface area contributed by atoms with Gasteiger partial charge in [-0.1, -0.05) is 6.42 Å². The lowest BCUT2D eigenvalue weighted by Gasteiger charge is -2.32. The number of rotatable bonds is 3. The molecule has 2 aliphatic rings. The van der Waals surface area contributed by atoms with E-state index in [0.29, 0.717) is 23.3 Å². The van der Waals surface area contributed by atoms with Crippen LogP contribution in [0.4, 0.5) is 0 Å². The first-order valence-corrected chi connectivity index (χ1v) is 8.75. The van der Waals surface area contributed by atoms with Crippen molar-refractivity contribution in [3.63, 3.8) is 0 Å². The molecule has 3 atom stereocenters. The molecule has 4 rings (SSSR count). The van der Waals surface area contributed by atoms with Gasteiger partial charge < -0.3 is 4.90 Å². The smallest absolute Gasteiger partial charge is 0.255 e. The van der Waals surface area contributed by atoms with Crippen LogP contribution in [0, 0.1) is 17.8 Å². The standard InChI is InChI=1S/C19H22N4O/c24-19(15-5-2-6-20-10-15)23-12-16-4-1-3-14(18(16)13-23)9-17-11-21-7-8-22-17/h2,5-8,10-11,14,16,18H,1,3-4,9,12-13H2/t14-,16-,18-/m1/s1. The number of carbonyl (C=O) groups is 1. The lowest BCUT2D eigenvalue weighted by molar-refractivity contribution is 0.0781. The number of hydrogen-bond acceptors (Lipinski definition) is 4. The Bertz CT molecular complexity index is 691. The van der Waals surface area contributed by atoms with Gasteiger partial charge in [-0.2, -0.15) is 0 Å². The molecule has 1 saturated carbocycles. The molecule has 1 aliphatic heterocycles. The molecule has 0 radical (unpaired) electrons. The highest BCUT2D eigenvalue weighted by atomic mass is 16.2. The van der Waals surface area contributed by atoms with Crippen LogP contribution < -0.4 is 0 Å². The zero-order valence-corrected chi connectivity index (χ0v) is 13.7. The highest BCUT2D eigenvalue weighted by molar-refractivity contribution is 5.94. The largest absolute Gasteiger partial charge is 0.338 e. The van der Waals surface area contributed by atoms with E-state index < -0.39 is 0 Å². The molecule has 2 aromatic rings. The van der Waals surface area contributed by atoms with E-state index in [1.807, 2.05) is 23.2 Å². The molecule has 0 spiro atoms. The molecule has 1 saturated heterocycles. The SMILES string of the molecule is O=C(c1cccnc1)N1C[C@H]2CCC[C@H](Cc3cnccn3)[C@H]2C1. The number of nitrogens with zero attached hydrogens (tertiary/aromatic N) is 4. The molecular weight excluding hydrogens is 300 g/mol. The van der Waals surface area contributed by atoms with Crippen LogP contribution >= 0.6 is 0 Å². The molecule has 0 unspecified atom stereocenters. The third kappa shape index (κ3) is 3.03. The molecule has 2 fully saturated rings. The van der Waals surface area contributed by atoms with E-state index in [1.165, 1.54) is 19.3 Å². The number of fused-ring (bicyclic) bond motifs is 1. The Balaban J connectivity index is 1.47. The van der Waals surface area contributed by atoms with Crippen molar-refractivity contribution in [2.24, 2.45) is 17.8 Å². The second-order valence-corrected chi connectivity index (χ2v) is 6.97. The van der Waals surface area contributed by atoms with Crippen molar-refractivity contribution in [3.8, 4) is 0 Å². The van der Waals surface area contributed by atoms with E-state index in [2.05, 4.69) is 15.0 Å². The van der Waals surface area contributed by atoms with Crippen LogP contribution in [0.2, 0.25) is 0 Å². The van der Waals surface area contributed by atoms with Gasteiger partial charge >= 0.3 is 0 Å². The number of carbonyl (C=O) groups excluding carboxylic acids is 1. The molecule has 24 heavy (non-hydrogen) atoms. The first-order chi connectivity index (χ1) is 11.8. The number of likely N-dealkylation sites (tertiary alicyclic amines) is 1. The minimum absolute atomic E-state index is 0.121. The lowest BCUT2D eigenvalue weighted by Crippen LogP contribution is -2.30. The van der Waals surface area contributed by atoms with Gasteiger partial charge in [0.1, 0.15) is 0 Å². The van der Waals surface area contributed by atoms with Crippen LogP contribution in [-0.2, 0) is 6.42 Å². The maximum atomic E-state index is 12.7. The van der Waals surface area contributed by atoms with Crippen molar-refractivity contribution >= 4 is 5.91 Å². The molecule has 1 amide bonds. The van der Waals surface area contributed by atoms with E-state index in [1.54, 1.807) is 24.8 Å². The first kappa shape index (κ1) is 15.2. The summed E-state index contributed by atoms with van der Waals surface area (Å²) in [6.07, 6.45) is 13.4. The Kier molecular flexibility index (Phi) is 4.24. The average Bonchev–Trinajstić information content (AvgIpc) is 3.08. The minimum atomic E-state index is 0.121. The van der Waals surface area contributed by atoms with Gasteiger partial charge in [-0.15, -0.1) is 0 Å². The molecule has 2 aromatic heterocycles. The minimum Gasteiger partial charge on any atom is -0.338 e. The van der Waals surface area contributed by atoms with Gasteiger partial charge in [0.2, 0.25) is 0 Å². The normalized spacial score (nSPS) is 26.2. The number of amides is 1. The highest BCUT2D eigenvalue weighted by Gasteiger charge is 2.41. The summed E-state index contributed by atoms with van der Waals surface area (Å²) in [5.74, 6) is 1.94. The van der Waals surface area contributed by atoms with Crippen LogP contribution in [0.1, 0.15) is 35.3 Å². The van der Waals surface area contributed by atoms with Gasteiger partial charge in [-0.25, -0.2) is 0 Å².